The van der Waals surface area contributed by atoms with Crippen molar-refractivity contribution in [2.75, 3.05) is 13.1 Å². The average molecular weight is 358 g/mol. The van der Waals surface area contributed by atoms with Gasteiger partial charge in [0.25, 0.3) is 5.91 Å². The van der Waals surface area contributed by atoms with Crippen molar-refractivity contribution in [3.8, 4) is 0 Å². The SMILES string of the molecule is O=C1NCC[C@H]1N(O)C(=O)N1CC[C@@H]2[C@H]1C(=O)N2S(=O)(=O)O.[H-].[Na+]. The molecule has 11 nitrogen and oxygen atoms in total. The van der Waals surface area contributed by atoms with Crippen LogP contribution in [0, 0.1) is 0 Å². The van der Waals surface area contributed by atoms with Crippen molar-refractivity contribution < 1.29 is 63.5 Å². The second kappa shape index (κ2) is 6.18. The second-order valence-corrected chi connectivity index (χ2v) is 6.62. The van der Waals surface area contributed by atoms with E-state index in [4.69, 9.17) is 4.55 Å². The van der Waals surface area contributed by atoms with Gasteiger partial charge in [0.1, 0.15) is 12.1 Å². The molecule has 3 rings (SSSR count). The van der Waals surface area contributed by atoms with Gasteiger partial charge in [-0.2, -0.15) is 13.5 Å². The summed E-state index contributed by atoms with van der Waals surface area (Å²) in [6.07, 6.45) is 0.404. The van der Waals surface area contributed by atoms with E-state index >= 15 is 0 Å². The van der Waals surface area contributed by atoms with Crippen molar-refractivity contribution in [1.29, 1.82) is 0 Å². The maximum Gasteiger partial charge on any atom is 1.00 e. The molecule has 4 amide bonds. The van der Waals surface area contributed by atoms with Gasteiger partial charge in [-0.15, -0.1) is 0 Å². The van der Waals surface area contributed by atoms with E-state index in [1.807, 2.05) is 0 Å². The average Bonchev–Trinajstić information content (AvgIpc) is 2.99. The van der Waals surface area contributed by atoms with Gasteiger partial charge in [0, 0.05) is 13.1 Å². The van der Waals surface area contributed by atoms with Crippen LogP contribution in [-0.2, 0) is 19.9 Å². The van der Waals surface area contributed by atoms with Crippen LogP contribution in [0.5, 0.6) is 0 Å². The molecule has 0 aliphatic carbocycles. The number of urea groups is 1. The number of hydrogen-bond acceptors (Lipinski definition) is 6. The largest absolute Gasteiger partial charge is 1.00 e. The first-order chi connectivity index (χ1) is 10.2. The standard InChI is InChI=1S/C10H14N4O7S.Na.H/c15-8-6(1-3-11-8)13(18)10(17)12-4-2-5-7(12)9(16)14(5)22(19,20)21;;/h5-7,18H,1-4H2,(H,11,15)(H,19,20,21);;/q;+1;-1/t5-,6-,7+;;/m1../s1. The first kappa shape index (κ1) is 18.4. The number of fused-ring (bicyclic) bond motifs is 1. The van der Waals surface area contributed by atoms with Gasteiger partial charge in [0.05, 0.1) is 6.04 Å². The third-order valence-electron chi connectivity index (χ3n) is 4.14. The second-order valence-electron chi connectivity index (χ2n) is 5.33. The zero-order chi connectivity index (χ0) is 16.2. The minimum Gasteiger partial charge on any atom is -1.00 e. The number of β-lactam (4-membered cyclic amide) rings is 1. The van der Waals surface area contributed by atoms with Gasteiger partial charge in [-0.05, 0) is 12.8 Å². The summed E-state index contributed by atoms with van der Waals surface area (Å²) in [5, 5.41) is 12.6. The molecule has 0 aromatic carbocycles. The van der Waals surface area contributed by atoms with Crippen LogP contribution in [0.4, 0.5) is 4.79 Å². The fourth-order valence-electron chi connectivity index (χ4n) is 3.11. The Bertz CT molecular complexity index is 662. The monoisotopic (exact) mass is 358 g/mol. The fourth-order valence-corrected chi connectivity index (χ4v) is 4.01. The molecule has 0 aromatic heterocycles. The Morgan fingerprint density at radius 3 is 2.52 bits per heavy atom. The molecule has 3 heterocycles. The van der Waals surface area contributed by atoms with Crippen LogP contribution in [0.3, 0.4) is 0 Å². The number of likely N-dealkylation sites (tertiary alicyclic amines) is 1. The van der Waals surface area contributed by atoms with Crippen LogP contribution < -0.4 is 34.9 Å². The van der Waals surface area contributed by atoms with Crippen LogP contribution in [0.1, 0.15) is 14.3 Å². The summed E-state index contributed by atoms with van der Waals surface area (Å²) < 4.78 is 31.4. The van der Waals surface area contributed by atoms with Gasteiger partial charge in [0.2, 0.25) is 5.91 Å². The van der Waals surface area contributed by atoms with Crippen LogP contribution in [0.25, 0.3) is 0 Å². The molecule has 0 unspecified atom stereocenters. The Labute approximate surface area is 155 Å². The van der Waals surface area contributed by atoms with Crippen molar-refractivity contribution in [3.63, 3.8) is 0 Å². The van der Waals surface area contributed by atoms with E-state index in [-0.39, 0.29) is 55.4 Å². The summed E-state index contributed by atoms with van der Waals surface area (Å²) in [6, 6.07) is -3.84. The van der Waals surface area contributed by atoms with Crippen molar-refractivity contribution in [2.24, 2.45) is 0 Å². The summed E-state index contributed by atoms with van der Waals surface area (Å²) in [5.41, 5.74) is 0. The van der Waals surface area contributed by atoms with Crippen LogP contribution in [0.15, 0.2) is 0 Å². The summed E-state index contributed by atoms with van der Waals surface area (Å²) >= 11 is 0. The Morgan fingerprint density at radius 2 is 2.00 bits per heavy atom. The van der Waals surface area contributed by atoms with Crippen molar-refractivity contribution >= 4 is 28.1 Å². The molecule has 3 aliphatic rings. The van der Waals surface area contributed by atoms with Gasteiger partial charge in [-0.1, -0.05) is 0 Å². The van der Waals surface area contributed by atoms with E-state index in [0.717, 1.165) is 4.90 Å². The number of hydroxylamine groups is 2. The normalized spacial score (nSPS) is 29.6. The van der Waals surface area contributed by atoms with Gasteiger partial charge in [-0.3, -0.25) is 19.3 Å². The number of nitrogens with zero attached hydrogens (tertiary/aromatic N) is 3. The number of carbonyl (C=O) groups is 3. The zero-order valence-corrected chi connectivity index (χ0v) is 15.1. The quantitative estimate of drug-likeness (QED) is 0.147. The fraction of sp³-hybridized carbons (Fsp3) is 0.700. The van der Waals surface area contributed by atoms with E-state index in [1.54, 1.807) is 0 Å². The maximum absolute atomic E-state index is 12.2. The Balaban J connectivity index is 0.00000144. The number of rotatable bonds is 2. The number of amides is 4. The molecule has 124 valence electrons. The Kier molecular flexibility index (Phi) is 4.95. The van der Waals surface area contributed by atoms with Crippen LogP contribution in [-0.4, -0.2) is 81.5 Å². The van der Waals surface area contributed by atoms with Crippen molar-refractivity contribution in [1.82, 2.24) is 19.6 Å². The van der Waals surface area contributed by atoms with Crippen LogP contribution in [0.2, 0.25) is 0 Å². The molecule has 0 spiro atoms. The van der Waals surface area contributed by atoms with Gasteiger partial charge in [-0.25, -0.2) is 9.10 Å². The van der Waals surface area contributed by atoms with E-state index in [1.165, 1.54) is 0 Å². The number of carbonyl (C=O) groups excluding carboxylic acids is 3. The summed E-state index contributed by atoms with van der Waals surface area (Å²) in [6.45, 7) is 0.368. The molecule has 23 heavy (non-hydrogen) atoms. The molecule has 3 fully saturated rings. The molecule has 3 atom stereocenters. The minimum absolute atomic E-state index is 0. The molecule has 3 aliphatic heterocycles. The van der Waals surface area contributed by atoms with Gasteiger partial charge in [0.15, 0.2) is 0 Å². The number of hydrogen-bond donors (Lipinski definition) is 3. The summed E-state index contributed by atoms with van der Waals surface area (Å²) in [4.78, 5) is 36.5. The minimum atomic E-state index is -4.66. The van der Waals surface area contributed by atoms with Crippen molar-refractivity contribution in [3.05, 3.63) is 0 Å². The smallest absolute Gasteiger partial charge is 1.00 e. The van der Waals surface area contributed by atoms with E-state index < -0.39 is 46.3 Å². The molecular weight excluding hydrogens is 343 g/mol. The molecule has 3 saturated heterocycles. The molecule has 0 radical (unpaired) electrons. The maximum atomic E-state index is 12.2. The van der Waals surface area contributed by atoms with E-state index in [2.05, 4.69) is 5.32 Å². The Hall–Kier alpha value is -0.920. The van der Waals surface area contributed by atoms with E-state index in [0.29, 0.717) is 10.8 Å². The first-order valence-electron chi connectivity index (χ1n) is 6.60. The third-order valence-corrected chi connectivity index (χ3v) is 5.09. The van der Waals surface area contributed by atoms with Gasteiger partial charge < -0.3 is 11.6 Å². The molecule has 0 aromatic rings. The predicted molar refractivity (Wildman–Crippen MR) is 68.8 cm³/mol. The summed E-state index contributed by atoms with van der Waals surface area (Å²) in [7, 11) is -4.66. The van der Waals surface area contributed by atoms with Gasteiger partial charge >= 0.3 is 45.9 Å². The summed E-state index contributed by atoms with van der Waals surface area (Å²) in [5.74, 6) is -1.42. The molecule has 13 heteroatoms. The molecule has 0 bridgehead atoms. The molecule has 0 saturated carbocycles. The first-order valence-corrected chi connectivity index (χ1v) is 8.00. The third kappa shape index (κ3) is 2.83. The number of nitrogens with one attached hydrogen (secondary N) is 1. The zero-order valence-electron chi connectivity index (χ0n) is 13.2. The topological polar surface area (TPSA) is 148 Å². The van der Waals surface area contributed by atoms with E-state index in [9.17, 15) is 28.0 Å². The van der Waals surface area contributed by atoms with Crippen LogP contribution >= 0.6 is 0 Å². The Morgan fingerprint density at radius 1 is 1.35 bits per heavy atom. The predicted octanol–water partition coefficient (Wildman–Crippen LogP) is -5.11. The molecule has 3 N–H and O–H groups in total. The molecular formula is C10H15N4NaO7S. The van der Waals surface area contributed by atoms with Crippen molar-refractivity contribution in [2.45, 2.75) is 31.0 Å².